The topological polar surface area (TPSA) is 43.6 Å². The van der Waals surface area contributed by atoms with E-state index in [4.69, 9.17) is 4.74 Å². The van der Waals surface area contributed by atoms with E-state index in [9.17, 15) is 9.18 Å². The van der Waals surface area contributed by atoms with Crippen molar-refractivity contribution in [3.05, 3.63) is 66.2 Å². The van der Waals surface area contributed by atoms with Crippen LogP contribution in [-0.2, 0) is 0 Å². The monoisotopic (exact) mass is 256 g/mol. The standard InChI is InChI=1S/C14H9FN2O2/c15-10-4-6-11(7-5-10)19-14(18)12-9-16-17-8-2-1-3-13(12)17/h1-9H. The number of ether oxygens (including phenoxy) is 1. The summed E-state index contributed by atoms with van der Waals surface area (Å²) in [6, 6.07) is 10.7. The smallest absolute Gasteiger partial charge is 0.347 e. The number of carbonyl (C=O) groups excluding carboxylic acids is 1. The highest BCUT2D eigenvalue weighted by molar-refractivity contribution is 5.97. The summed E-state index contributed by atoms with van der Waals surface area (Å²) in [7, 11) is 0. The predicted octanol–water partition coefficient (Wildman–Crippen LogP) is 2.69. The number of halogens is 1. The summed E-state index contributed by atoms with van der Waals surface area (Å²) in [6.07, 6.45) is 3.19. The van der Waals surface area contributed by atoms with E-state index < -0.39 is 5.97 Å². The first-order valence-electron chi connectivity index (χ1n) is 5.64. The van der Waals surface area contributed by atoms with Crippen LogP contribution in [0.25, 0.3) is 5.52 Å². The SMILES string of the molecule is O=C(Oc1ccc(F)cc1)c1cnn2ccccc12. The average Bonchev–Trinajstić information content (AvgIpc) is 2.85. The van der Waals surface area contributed by atoms with Gasteiger partial charge in [-0.2, -0.15) is 5.10 Å². The second-order valence-corrected chi connectivity index (χ2v) is 3.93. The van der Waals surface area contributed by atoms with Crippen molar-refractivity contribution in [2.45, 2.75) is 0 Å². The Labute approximate surface area is 108 Å². The van der Waals surface area contributed by atoms with Crippen molar-refractivity contribution < 1.29 is 13.9 Å². The molecule has 0 radical (unpaired) electrons. The molecule has 4 nitrogen and oxygen atoms in total. The molecule has 0 aliphatic rings. The molecule has 0 amide bonds. The van der Waals surface area contributed by atoms with Crippen LogP contribution >= 0.6 is 0 Å². The van der Waals surface area contributed by atoms with Gasteiger partial charge in [-0.05, 0) is 36.4 Å². The Morgan fingerprint density at radius 2 is 1.95 bits per heavy atom. The highest BCUT2D eigenvalue weighted by Gasteiger charge is 2.14. The molecule has 0 aliphatic carbocycles. The summed E-state index contributed by atoms with van der Waals surface area (Å²) in [6.45, 7) is 0. The van der Waals surface area contributed by atoms with Crippen LogP contribution < -0.4 is 4.74 Å². The first-order chi connectivity index (χ1) is 9.24. The fourth-order valence-corrected chi connectivity index (χ4v) is 1.76. The van der Waals surface area contributed by atoms with E-state index in [0.29, 0.717) is 16.8 Å². The molecule has 2 aromatic heterocycles. The van der Waals surface area contributed by atoms with Gasteiger partial charge in [0.2, 0.25) is 0 Å². The largest absolute Gasteiger partial charge is 0.423 e. The zero-order valence-electron chi connectivity index (χ0n) is 9.79. The molecule has 0 unspecified atom stereocenters. The van der Waals surface area contributed by atoms with Crippen molar-refractivity contribution in [2.24, 2.45) is 0 Å². The van der Waals surface area contributed by atoms with Crippen molar-refractivity contribution in [2.75, 3.05) is 0 Å². The first-order valence-corrected chi connectivity index (χ1v) is 5.64. The molecule has 2 heterocycles. The highest BCUT2D eigenvalue weighted by Crippen LogP contribution is 2.16. The summed E-state index contributed by atoms with van der Waals surface area (Å²) >= 11 is 0. The minimum absolute atomic E-state index is 0.293. The summed E-state index contributed by atoms with van der Waals surface area (Å²) in [5.74, 6) is -0.606. The second kappa shape index (κ2) is 4.53. The van der Waals surface area contributed by atoms with Gasteiger partial charge in [-0.3, -0.25) is 0 Å². The molecule has 0 N–H and O–H groups in total. The van der Waals surface area contributed by atoms with Crippen molar-refractivity contribution >= 4 is 11.5 Å². The van der Waals surface area contributed by atoms with Crippen LogP contribution in [0.15, 0.2) is 54.9 Å². The second-order valence-electron chi connectivity index (χ2n) is 3.93. The highest BCUT2D eigenvalue weighted by atomic mass is 19.1. The van der Waals surface area contributed by atoms with E-state index in [1.807, 2.05) is 12.1 Å². The van der Waals surface area contributed by atoms with E-state index in [-0.39, 0.29) is 5.82 Å². The van der Waals surface area contributed by atoms with Gasteiger partial charge in [0.05, 0.1) is 11.7 Å². The molecule has 0 saturated carbocycles. The third-order valence-corrected chi connectivity index (χ3v) is 2.67. The molecule has 5 heteroatoms. The van der Waals surface area contributed by atoms with Gasteiger partial charge in [0, 0.05) is 6.20 Å². The Bertz CT molecular complexity index is 735. The Hall–Kier alpha value is -2.69. The maximum atomic E-state index is 12.8. The van der Waals surface area contributed by atoms with Crippen LogP contribution in [0.2, 0.25) is 0 Å². The van der Waals surface area contributed by atoms with Crippen molar-refractivity contribution in [3.8, 4) is 5.75 Å². The lowest BCUT2D eigenvalue weighted by atomic mass is 10.2. The minimum Gasteiger partial charge on any atom is -0.423 e. The van der Waals surface area contributed by atoms with Gasteiger partial charge < -0.3 is 4.74 Å². The quantitative estimate of drug-likeness (QED) is 0.523. The molecule has 0 aliphatic heterocycles. The van der Waals surface area contributed by atoms with Crippen molar-refractivity contribution in [3.63, 3.8) is 0 Å². The van der Waals surface area contributed by atoms with Crippen LogP contribution in [0, 0.1) is 5.82 Å². The normalized spacial score (nSPS) is 10.6. The van der Waals surface area contributed by atoms with Crippen molar-refractivity contribution in [1.29, 1.82) is 0 Å². The van der Waals surface area contributed by atoms with E-state index in [2.05, 4.69) is 5.10 Å². The molecule has 0 bridgehead atoms. The number of hydrogen-bond acceptors (Lipinski definition) is 3. The van der Waals surface area contributed by atoms with Gasteiger partial charge in [0.15, 0.2) is 0 Å². The van der Waals surface area contributed by atoms with E-state index in [1.165, 1.54) is 30.5 Å². The van der Waals surface area contributed by atoms with Gasteiger partial charge in [0.1, 0.15) is 17.1 Å². The fraction of sp³-hybridized carbons (Fsp3) is 0. The third kappa shape index (κ3) is 2.18. The maximum Gasteiger partial charge on any atom is 0.347 e. The first kappa shape index (κ1) is 11.4. The van der Waals surface area contributed by atoms with Gasteiger partial charge in [-0.1, -0.05) is 6.07 Å². The van der Waals surface area contributed by atoms with Gasteiger partial charge in [0.25, 0.3) is 0 Å². The molecule has 0 atom stereocenters. The molecule has 0 saturated heterocycles. The summed E-state index contributed by atoms with van der Waals surface area (Å²) in [5.41, 5.74) is 1.03. The lowest BCUT2D eigenvalue weighted by Gasteiger charge is -2.02. The lowest BCUT2D eigenvalue weighted by Crippen LogP contribution is -2.08. The number of benzene rings is 1. The lowest BCUT2D eigenvalue weighted by molar-refractivity contribution is 0.0736. The molecule has 3 rings (SSSR count). The van der Waals surface area contributed by atoms with Crippen LogP contribution in [0.1, 0.15) is 10.4 Å². The summed E-state index contributed by atoms with van der Waals surface area (Å²) < 4.78 is 19.5. The maximum absolute atomic E-state index is 12.8. The Morgan fingerprint density at radius 3 is 2.74 bits per heavy atom. The number of fused-ring (bicyclic) bond motifs is 1. The summed E-state index contributed by atoms with van der Waals surface area (Å²) in [5, 5.41) is 4.05. The molecule has 1 aromatic carbocycles. The molecular weight excluding hydrogens is 247 g/mol. The van der Waals surface area contributed by atoms with Crippen molar-refractivity contribution in [1.82, 2.24) is 9.61 Å². The Balaban J connectivity index is 1.90. The van der Waals surface area contributed by atoms with Crippen LogP contribution in [0.5, 0.6) is 5.75 Å². The van der Waals surface area contributed by atoms with Gasteiger partial charge in [-0.25, -0.2) is 13.7 Å². The predicted molar refractivity (Wildman–Crippen MR) is 66.6 cm³/mol. The van der Waals surface area contributed by atoms with Crippen LogP contribution in [0.3, 0.4) is 0 Å². The zero-order valence-corrected chi connectivity index (χ0v) is 9.79. The van der Waals surface area contributed by atoms with E-state index in [0.717, 1.165) is 0 Å². The molecule has 94 valence electrons. The number of aromatic nitrogens is 2. The number of pyridine rings is 1. The van der Waals surface area contributed by atoms with Gasteiger partial charge >= 0.3 is 5.97 Å². The number of carbonyl (C=O) groups is 1. The molecular formula is C14H9FN2O2. The average molecular weight is 256 g/mol. The number of hydrogen-bond donors (Lipinski definition) is 0. The van der Waals surface area contributed by atoms with E-state index >= 15 is 0 Å². The Kier molecular flexibility index (Phi) is 2.72. The third-order valence-electron chi connectivity index (χ3n) is 2.67. The number of nitrogens with zero attached hydrogens (tertiary/aromatic N) is 2. The molecule has 19 heavy (non-hydrogen) atoms. The fourth-order valence-electron chi connectivity index (χ4n) is 1.76. The van der Waals surface area contributed by atoms with E-state index in [1.54, 1.807) is 16.8 Å². The number of rotatable bonds is 2. The summed E-state index contributed by atoms with van der Waals surface area (Å²) in [4.78, 5) is 12.0. The molecule has 0 spiro atoms. The zero-order chi connectivity index (χ0) is 13.2. The Morgan fingerprint density at radius 1 is 1.16 bits per heavy atom. The van der Waals surface area contributed by atoms with Crippen LogP contribution in [-0.4, -0.2) is 15.6 Å². The van der Waals surface area contributed by atoms with Crippen LogP contribution in [0.4, 0.5) is 4.39 Å². The number of esters is 1. The molecule has 0 fully saturated rings. The van der Waals surface area contributed by atoms with Gasteiger partial charge in [-0.15, -0.1) is 0 Å². The molecule has 3 aromatic rings. The minimum atomic E-state index is -0.521.